The summed E-state index contributed by atoms with van der Waals surface area (Å²) in [4.78, 5) is 4.59. The van der Waals surface area contributed by atoms with Crippen LogP contribution in [0.3, 0.4) is 0 Å². The van der Waals surface area contributed by atoms with E-state index in [1.54, 1.807) is 30.0 Å². The number of hydrogen-bond donors (Lipinski definition) is 0. The first-order valence-corrected chi connectivity index (χ1v) is 12.9. The Hall–Kier alpha value is -2.87. The van der Waals surface area contributed by atoms with Crippen LogP contribution in [-0.4, -0.2) is 19.7 Å². The topological polar surface area (TPSA) is 66.0 Å². The summed E-state index contributed by atoms with van der Waals surface area (Å²) in [6, 6.07) is 14.5. The molecule has 176 valence electrons. The maximum atomic E-state index is 14.1. The summed E-state index contributed by atoms with van der Waals surface area (Å²) in [6.45, 7) is 2.44. The van der Waals surface area contributed by atoms with Crippen molar-refractivity contribution in [2.45, 2.75) is 56.2 Å². The number of benzene rings is 2. The van der Waals surface area contributed by atoms with Crippen LogP contribution in [0, 0.1) is 23.6 Å². The molecule has 0 saturated heterocycles. The molecule has 2 heterocycles. The Morgan fingerprint density at radius 3 is 2.76 bits per heavy atom. The molecule has 6 rings (SSSR count). The van der Waals surface area contributed by atoms with Gasteiger partial charge in [0.15, 0.2) is 28.1 Å². The molecular formula is C26H27FN4O2S. The molecule has 2 aliphatic rings. The van der Waals surface area contributed by atoms with E-state index in [4.69, 9.17) is 9.15 Å². The second-order valence-electron chi connectivity index (χ2n) is 9.43. The fourth-order valence-electron chi connectivity index (χ4n) is 5.80. The second-order valence-corrected chi connectivity index (χ2v) is 10.4. The summed E-state index contributed by atoms with van der Waals surface area (Å²) in [7, 11) is 0. The van der Waals surface area contributed by atoms with Crippen LogP contribution >= 0.6 is 11.8 Å². The predicted octanol–water partition coefficient (Wildman–Crippen LogP) is 6.43. The quantitative estimate of drug-likeness (QED) is 0.272. The zero-order chi connectivity index (χ0) is 23.1. The molecular weight excluding hydrogens is 451 g/mol. The number of nitrogens with zero attached hydrogens (tertiary/aromatic N) is 4. The first-order chi connectivity index (χ1) is 16.7. The van der Waals surface area contributed by atoms with Crippen LogP contribution in [0.2, 0.25) is 0 Å². The Kier molecular flexibility index (Phi) is 5.77. The first kappa shape index (κ1) is 21.6. The van der Waals surface area contributed by atoms with Crippen molar-refractivity contribution < 1.29 is 13.5 Å². The molecule has 34 heavy (non-hydrogen) atoms. The second kappa shape index (κ2) is 9.06. The Bertz CT molecular complexity index is 1270. The van der Waals surface area contributed by atoms with Gasteiger partial charge in [-0.1, -0.05) is 42.4 Å². The lowest BCUT2D eigenvalue weighted by Crippen LogP contribution is -2.24. The number of rotatable bonds is 8. The third-order valence-corrected chi connectivity index (χ3v) is 8.34. The highest BCUT2D eigenvalue weighted by molar-refractivity contribution is 7.98. The third kappa shape index (κ3) is 4.08. The van der Waals surface area contributed by atoms with E-state index in [0.29, 0.717) is 17.6 Å². The lowest BCUT2D eigenvalue weighted by atomic mass is 9.84. The van der Waals surface area contributed by atoms with Gasteiger partial charge < -0.3 is 9.15 Å². The zero-order valence-electron chi connectivity index (χ0n) is 19.1. The fraction of sp³-hybridized carbons (Fsp3) is 0.423. The zero-order valence-corrected chi connectivity index (χ0v) is 19.9. The number of para-hydroxylation sites is 3. The highest BCUT2D eigenvalue weighted by atomic mass is 32.2. The minimum Gasteiger partial charge on any atom is -0.483 e. The van der Waals surface area contributed by atoms with Crippen molar-refractivity contribution in [1.82, 2.24) is 19.7 Å². The highest BCUT2D eigenvalue weighted by Crippen LogP contribution is 2.52. The lowest BCUT2D eigenvalue weighted by Gasteiger charge is -2.30. The summed E-state index contributed by atoms with van der Waals surface area (Å²) in [5.41, 5.74) is 1.64. The molecule has 0 amide bonds. The van der Waals surface area contributed by atoms with Gasteiger partial charge in [0.1, 0.15) is 12.1 Å². The van der Waals surface area contributed by atoms with Gasteiger partial charge in [-0.3, -0.25) is 4.57 Å². The third-order valence-electron chi connectivity index (χ3n) is 7.41. The molecule has 0 radical (unpaired) electrons. The SMILES string of the molecule is CC(C1CC2CCC1C2)n1c(COc2ccccc2F)nnc1SCc1nc2ccccc2o1. The van der Waals surface area contributed by atoms with Crippen molar-refractivity contribution in [1.29, 1.82) is 0 Å². The molecule has 0 N–H and O–H groups in total. The van der Waals surface area contributed by atoms with E-state index in [1.165, 1.54) is 31.7 Å². The number of ether oxygens (including phenoxy) is 1. The minimum absolute atomic E-state index is 0.169. The smallest absolute Gasteiger partial charge is 0.205 e. The van der Waals surface area contributed by atoms with Gasteiger partial charge in [0.05, 0.1) is 5.75 Å². The number of oxazole rings is 1. The van der Waals surface area contributed by atoms with Crippen LogP contribution in [-0.2, 0) is 12.4 Å². The maximum Gasteiger partial charge on any atom is 0.205 e. The van der Waals surface area contributed by atoms with Crippen LogP contribution in [0.4, 0.5) is 4.39 Å². The monoisotopic (exact) mass is 478 g/mol. The molecule has 4 atom stereocenters. The Balaban J connectivity index is 1.25. The molecule has 2 saturated carbocycles. The number of aromatic nitrogens is 4. The molecule has 4 aromatic rings. The van der Waals surface area contributed by atoms with Gasteiger partial charge in [0.2, 0.25) is 5.89 Å². The standard InChI is InChI=1S/C26H27FN4O2S/c1-16(19-13-17-10-11-18(19)12-17)31-24(14-32-22-8-4-2-6-20(22)27)29-30-26(31)34-15-25-28-21-7-3-5-9-23(21)33-25/h2-9,16-19H,10-15H2,1H3. The van der Waals surface area contributed by atoms with E-state index < -0.39 is 0 Å². The molecule has 2 bridgehead atoms. The van der Waals surface area contributed by atoms with Gasteiger partial charge in [0.25, 0.3) is 0 Å². The molecule has 8 heteroatoms. The first-order valence-electron chi connectivity index (χ1n) is 11.9. The normalized spacial score (nSPS) is 22.5. The predicted molar refractivity (Wildman–Crippen MR) is 128 cm³/mol. The minimum atomic E-state index is -0.375. The Labute approximate surface area is 201 Å². The lowest BCUT2D eigenvalue weighted by molar-refractivity contribution is 0.215. The van der Waals surface area contributed by atoms with Crippen molar-refractivity contribution in [2.24, 2.45) is 17.8 Å². The average molecular weight is 479 g/mol. The molecule has 2 aromatic heterocycles. The molecule has 2 aromatic carbocycles. The number of thioether (sulfide) groups is 1. The average Bonchev–Trinajstić information content (AvgIpc) is 3.64. The van der Waals surface area contributed by atoms with Gasteiger partial charge in [-0.2, -0.15) is 0 Å². The largest absolute Gasteiger partial charge is 0.483 e. The number of halogens is 1. The van der Waals surface area contributed by atoms with E-state index in [0.717, 1.165) is 33.9 Å². The van der Waals surface area contributed by atoms with Crippen molar-refractivity contribution in [3.63, 3.8) is 0 Å². The molecule has 0 aliphatic heterocycles. The fourth-order valence-corrected chi connectivity index (χ4v) is 6.69. The summed E-state index contributed by atoms with van der Waals surface area (Å²) >= 11 is 1.57. The Morgan fingerprint density at radius 2 is 1.97 bits per heavy atom. The van der Waals surface area contributed by atoms with Crippen LogP contribution in [0.25, 0.3) is 11.1 Å². The van der Waals surface area contributed by atoms with Crippen molar-refractivity contribution in [2.75, 3.05) is 0 Å². The van der Waals surface area contributed by atoms with E-state index in [9.17, 15) is 4.39 Å². The summed E-state index contributed by atoms with van der Waals surface area (Å²) in [5.74, 6) is 4.01. The van der Waals surface area contributed by atoms with Gasteiger partial charge in [-0.05, 0) is 68.2 Å². The van der Waals surface area contributed by atoms with Crippen LogP contribution in [0.15, 0.2) is 58.1 Å². The number of fused-ring (bicyclic) bond motifs is 3. The Morgan fingerprint density at radius 1 is 1.12 bits per heavy atom. The summed E-state index contributed by atoms with van der Waals surface area (Å²) in [6.07, 6.45) is 5.27. The van der Waals surface area contributed by atoms with Gasteiger partial charge in [-0.15, -0.1) is 10.2 Å². The maximum absolute atomic E-state index is 14.1. The molecule has 0 spiro atoms. The van der Waals surface area contributed by atoms with Crippen molar-refractivity contribution >= 4 is 22.9 Å². The van der Waals surface area contributed by atoms with Crippen LogP contribution in [0.1, 0.15) is 50.4 Å². The van der Waals surface area contributed by atoms with Gasteiger partial charge >= 0.3 is 0 Å². The molecule has 2 fully saturated rings. The molecule has 4 unspecified atom stereocenters. The highest BCUT2D eigenvalue weighted by Gasteiger charge is 2.43. The van der Waals surface area contributed by atoms with Crippen LogP contribution < -0.4 is 4.74 Å². The van der Waals surface area contributed by atoms with E-state index >= 15 is 0 Å². The van der Waals surface area contributed by atoms with E-state index in [-0.39, 0.29) is 24.2 Å². The molecule has 2 aliphatic carbocycles. The van der Waals surface area contributed by atoms with Crippen molar-refractivity contribution in [3.8, 4) is 5.75 Å². The van der Waals surface area contributed by atoms with Gasteiger partial charge in [0, 0.05) is 6.04 Å². The molecule has 6 nitrogen and oxygen atoms in total. The van der Waals surface area contributed by atoms with Crippen molar-refractivity contribution in [3.05, 3.63) is 66.1 Å². The van der Waals surface area contributed by atoms with Crippen LogP contribution in [0.5, 0.6) is 5.75 Å². The summed E-state index contributed by atoms with van der Waals surface area (Å²) < 4.78 is 28.0. The summed E-state index contributed by atoms with van der Waals surface area (Å²) in [5, 5.41) is 9.80. The number of hydrogen-bond acceptors (Lipinski definition) is 6. The van der Waals surface area contributed by atoms with Gasteiger partial charge in [-0.25, -0.2) is 9.37 Å². The van der Waals surface area contributed by atoms with E-state index in [1.807, 2.05) is 24.3 Å². The van der Waals surface area contributed by atoms with E-state index in [2.05, 4.69) is 26.7 Å².